The molecule has 6 heteroatoms. The van der Waals surface area contributed by atoms with Crippen LogP contribution in [0.2, 0.25) is 0 Å². The first-order chi connectivity index (χ1) is 11.1. The van der Waals surface area contributed by atoms with E-state index in [-0.39, 0.29) is 11.8 Å². The molecule has 2 rings (SSSR count). The zero-order valence-corrected chi connectivity index (χ0v) is 13.0. The number of carbonyl (C=O) groups is 2. The number of rotatable bonds is 8. The van der Waals surface area contributed by atoms with E-state index in [0.29, 0.717) is 37.4 Å². The van der Waals surface area contributed by atoms with Gasteiger partial charge >= 0.3 is 6.03 Å². The quantitative estimate of drug-likeness (QED) is 0.579. The highest BCUT2D eigenvalue weighted by molar-refractivity contribution is 5.95. The van der Waals surface area contributed by atoms with Crippen molar-refractivity contribution < 1.29 is 18.7 Å². The first-order valence-electron chi connectivity index (χ1n) is 7.41. The maximum Gasteiger partial charge on any atom is 0.319 e. The van der Waals surface area contributed by atoms with Crippen LogP contribution in [0.4, 0.5) is 10.5 Å². The maximum absolute atomic E-state index is 11.7. The van der Waals surface area contributed by atoms with Crippen molar-refractivity contribution in [1.29, 1.82) is 0 Å². The second-order valence-electron chi connectivity index (χ2n) is 5.00. The molecule has 0 unspecified atom stereocenters. The smallest absolute Gasteiger partial charge is 0.319 e. The highest BCUT2D eigenvalue weighted by Gasteiger charge is 2.03. The molecule has 2 aromatic rings. The molecule has 2 N–H and O–H groups in total. The third-order valence-corrected chi connectivity index (χ3v) is 3.12. The summed E-state index contributed by atoms with van der Waals surface area (Å²) in [5.74, 6) is 0.778. The molecule has 0 fully saturated rings. The first kappa shape index (κ1) is 16.8. The molecular formula is C17H20N2O4. The van der Waals surface area contributed by atoms with Crippen LogP contribution in [0.5, 0.6) is 0 Å². The van der Waals surface area contributed by atoms with Gasteiger partial charge in [0.05, 0.1) is 6.26 Å². The Labute approximate surface area is 134 Å². The van der Waals surface area contributed by atoms with Crippen LogP contribution in [0, 0.1) is 0 Å². The molecular weight excluding hydrogens is 296 g/mol. The maximum atomic E-state index is 11.7. The van der Waals surface area contributed by atoms with E-state index in [4.69, 9.17) is 9.15 Å². The fourth-order valence-electron chi connectivity index (χ4n) is 1.91. The Balaban J connectivity index is 1.58. The molecule has 0 aliphatic heterocycles. The lowest BCUT2D eigenvalue weighted by atomic mass is 10.1. The van der Waals surface area contributed by atoms with E-state index in [1.807, 2.05) is 12.1 Å². The number of carbonyl (C=O) groups excluding carboxylic acids is 2. The van der Waals surface area contributed by atoms with Crippen molar-refractivity contribution in [2.45, 2.75) is 20.0 Å². The number of hydrogen-bond donors (Lipinski definition) is 2. The molecule has 0 aliphatic carbocycles. The van der Waals surface area contributed by atoms with Crippen LogP contribution in [-0.2, 0) is 11.3 Å². The summed E-state index contributed by atoms with van der Waals surface area (Å²) in [6.07, 6.45) is 2.31. The molecule has 6 nitrogen and oxygen atoms in total. The van der Waals surface area contributed by atoms with Gasteiger partial charge in [0.2, 0.25) is 0 Å². The number of anilines is 1. The Morgan fingerprint density at radius 2 is 1.96 bits per heavy atom. The molecule has 0 spiro atoms. The van der Waals surface area contributed by atoms with E-state index < -0.39 is 0 Å². The number of ether oxygens (including phenoxy) is 1. The zero-order valence-electron chi connectivity index (χ0n) is 13.0. The number of ketones is 1. The summed E-state index contributed by atoms with van der Waals surface area (Å²) >= 11 is 0. The lowest BCUT2D eigenvalue weighted by Gasteiger charge is -2.08. The highest BCUT2D eigenvalue weighted by Crippen LogP contribution is 2.09. The standard InChI is InChI=1S/C17H20N2O4/c1-13(20)14-5-7-15(8-6-14)19-17(21)18-9-3-10-22-12-16-4-2-11-23-16/h2,4-8,11H,3,9-10,12H2,1H3,(H2,18,19,21). The summed E-state index contributed by atoms with van der Waals surface area (Å²) in [6, 6.07) is 10.1. The number of benzene rings is 1. The van der Waals surface area contributed by atoms with Crippen LogP contribution in [0.3, 0.4) is 0 Å². The average molecular weight is 316 g/mol. The second kappa shape index (κ2) is 8.75. The highest BCUT2D eigenvalue weighted by atomic mass is 16.5. The van der Waals surface area contributed by atoms with Crippen molar-refractivity contribution in [3.8, 4) is 0 Å². The number of furan rings is 1. The van der Waals surface area contributed by atoms with Crippen LogP contribution in [0.15, 0.2) is 47.1 Å². The van der Waals surface area contributed by atoms with E-state index in [2.05, 4.69) is 10.6 Å². The van der Waals surface area contributed by atoms with Crippen molar-refractivity contribution in [1.82, 2.24) is 5.32 Å². The lowest BCUT2D eigenvalue weighted by Crippen LogP contribution is -2.30. The summed E-state index contributed by atoms with van der Waals surface area (Å²) in [4.78, 5) is 22.9. The summed E-state index contributed by atoms with van der Waals surface area (Å²) in [5.41, 5.74) is 1.26. The molecule has 0 saturated heterocycles. The predicted octanol–water partition coefficient (Wildman–Crippen LogP) is 3.21. The average Bonchev–Trinajstić information content (AvgIpc) is 3.04. The van der Waals surface area contributed by atoms with Gasteiger partial charge in [-0.3, -0.25) is 4.79 Å². The minimum atomic E-state index is -0.286. The number of amides is 2. The molecule has 0 bridgehead atoms. The molecule has 2 amide bonds. The van der Waals surface area contributed by atoms with Crippen LogP contribution in [0.25, 0.3) is 0 Å². The normalized spacial score (nSPS) is 10.3. The van der Waals surface area contributed by atoms with Gasteiger partial charge in [0.1, 0.15) is 12.4 Å². The van der Waals surface area contributed by atoms with Gasteiger partial charge in [-0.25, -0.2) is 4.79 Å². The third kappa shape index (κ3) is 5.96. The van der Waals surface area contributed by atoms with Crippen molar-refractivity contribution in [3.63, 3.8) is 0 Å². The SMILES string of the molecule is CC(=O)c1ccc(NC(=O)NCCCOCc2ccco2)cc1. The second-order valence-corrected chi connectivity index (χ2v) is 5.00. The molecule has 0 saturated carbocycles. The van der Waals surface area contributed by atoms with Crippen LogP contribution in [0.1, 0.15) is 29.5 Å². The molecule has 0 radical (unpaired) electrons. The van der Waals surface area contributed by atoms with Gasteiger partial charge < -0.3 is 19.8 Å². The zero-order chi connectivity index (χ0) is 16.5. The van der Waals surface area contributed by atoms with Crippen LogP contribution >= 0.6 is 0 Å². The van der Waals surface area contributed by atoms with E-state index >= 15 is 0 Å². The molecule has 23 heavy (non-hydrogen) atoms. The molecule has 1 heterocycles. The van der Waals surface area contributed by atoms with Gasteiger partial charge in [0.25, 0.3) is 0 Å². The fraction of sp³-hybridized carbons (Fsp3) is 0.294. The van der Waals surface area contributed by atoms with Gasteiger partial charge in [-0.2, -0.15) is 0 Å². The van der Waals surface area contributed by atoms with Gasteiger partial charge in [0.15, 0.2) is 5.78 Å². The predicted molar refractivity (Wildman–Crippen MR) is 86.4 cm³/mol. The van der Waals surface area contributed by atoms with Crippen molar-refractivity contribution in [2.24, 2.45) is 0 Å². The number of Topliss-reactive ketones (excluding diaryl/α,β-unsaturated/α-hetero) is 1. The Morgan fingerprint density at radius 3 is 2.61 bits per heavy atom. The summed E-state index contributed by atoms with van der Waals surface area (Å²) in [5, 5.41) is 5.45. The van der Waals surface area contributed by atoms with Crippen molar-refractivity contribution in [3.05, 3.63) is 54.0 Å². The largest absolute Gasteiger partial charge is 0.467 e. The van der Waals surface area contributed by atoms with Crippen molar-refractivity contribution in [2.75, 3.05) is 18.5 Å². The van der Waals surface area contributed by atoms with Gasteiger partial charge in [-0.05, 0) is 49.7 Å². The third-order valence-electron chi connectivity index (χ3n) is 3.12. The molecule has 0 atom stereocenters. The van der Waals surface area contributed by atoms with E-state index in [9.17, 15) is 9.59 Å². The summed E-state index contributed by atoms with van der Waals surface area (Å²) < 4.78 is 10.6. The van der Waals surface area contributed by atoms with Crippen molar-refractivity contribution >= 4 is 17.5 Å². The van der Waals surface area contributed by atoms with E-state index in [1.54, 1.807) is 30.5 Å². The minimum absolute atomic E-state index is 0.00412. The number of nitrogens with one attached hydrogen (secondary N) is 2. The molecule has 1 aromatic heterocycles. The fourth-order valence-corrected chi connectivity index (χ4v) is 1.91. The number of hydrogen-bond acceptors (Lipinski definition) is 4. The Bertz CT molecular complexity index is 621. The van der Waals surface area contributed by atoms with Gasteiger partial charge in [0, 0.05) is 24.4 Å². The molecule has 122 valence electrons. The number of urea groups is 1. The molecule has 0 aliphatic rings. The topological polar surface area (TPSA) is 80.6 Å². The Morgan fingerprint density at radius 1 is 1.17 bits per heavy atom. The van der Waals surface area contributed by atoms with Gasteiger partial charge in [-0.15, -0.1) is 0 Å². The van der Waals surface area contributed by atoms with Crippen LogP contribution < -0.4 is 10.6 Å². The van der Waals surface area contributed by atoms with Crippen LogP contribution in [-0.4, -0.2) is 25.0 Å². The van der Waals surface area contributed by atoms with E-state index in [0.717, 1.165) is 5.76 Å². The Hall–Kier alpha value is -2.60. The molecule has 1 aromatic carbocycles. The first-order valence-corrected chi connectivity index (χ1v) is 7.41. The Kier molecular flexibility index (Phi) is 6.38. The van der Waals surface area contributed by atoms with Gasteiger partial charge in [-0.1, -0.05) is 0 Å². The van der Waals surface area contributed by atoms with E-state index in [1.165, 1.54) is 6.92 Å². The minimum Gasteiger partial charge on any atom is -0.467 e. The summed E-state index contributed by atoms with van der Waals surface area (Å²) in [6.45, 7) is 2.98. The summed E-state index contributed by atoms with van der Waals surface area (Å²) in [7, 11) is 0. The monoisotopic (exact) mass is 316 g/mol. The lowest BCUT2D eigenvalue weighted by molar-refractivity contribution is 0.101.